The van der Waals surface area contributed by atoms with E-state index in [1.165, 1.54) is 36.9 Å². The molecule has 2 heterocycles. The molecule has 1 aromatic heterocycles. The summed E-state index contributed by atoms with van der Waals surface area (Å²) in [6.45, 7) is 4.39. The third-order valence-electron chi connectivity index (χ3n) is 4.83. The van der Waals surface area contributed by atoms with Gasteiger partial charge in [-0.25, -0.2) is 4.98 Å². The third-order valence-corrected chi connectivity index (χ3v) is 4.83. The van der Waals surface area contributed by atoms with Gasteiger partial charge in [0, 0.05) is 11.7 Å². The maximum absolute atomic E-state index is 9.40. The Balaban J connectivity index is 1.79. The molecule has 1 saturated heterocycles. The zero-order valence-corrected chi connectivity index (χ0v) is 12.8. The first-order valence-corrected chi connectivity index (χ1v) is 8.18. The van der Waals surface area contributed by atoms with Crippen LogP contribution in [0.1, 0.15) is 49.4 Å². The molecule has 4 heteroatoms. The van der Waals surface area contributed by atoms with Crippen LogP contribution in [-0.4, -0.2) is 24.1 Å². The number of piperidine rings is 1. The molecule has 4 nitrogen and oxygen atoms in total. The zero-order valence-electron chi connectivity index (χ0n) is 12.8. The maximum atomic E-state index is 9.40. The van der Waals surface area contributed by atoms with Crippen LogP contribution >= 0.6 is 0 Å². The van der Waals surface area contributed by atoms with Crippen LogP contribution in [0, 0.1) is 17.2 Å². The van der Waals surface area contributed by atoms with E-state index in [4.69, 9.17) is 4.98 Å². The SMILES string of the molecule is CC(Nc1nc2c(cc1C#N)CCCC2)C1CCCNC1. The molecule has 2 N–H and O–H groups in total. The third kappa shape index (κ3) is 3.19. The molecule has 2 aliphatic rings. The van der Waals surface area contributed by atoms with E-state index < -0.39 is 0 Å². The molecule has 1 aliphatic heterocycles. The van der Waals surface area contributed by atoms with Gasteiger partial charge in [0.15, 0.2) is 0 Å². The highest BCUT2D eigenvalue weighted by Crippen LogP contribution is 2.26. The number of nitrogens with one attached hydrogen (secondary N) is 2. The fourth-order valence-corrected chi connectivity index (χ4v) is 3.47. The molecule has 0 spiro atoms. The maximum Gasteiger partial charge on any atom is 0.144 e. The van der Waals surface area contributed by atoms with Gasteiger partial charge in [-0.1, -0.05) is 0 Å². The summed E-state index contributed by atoms with van der Waals surface area (Å²) in [5, 5.41) is 16.4. The van der Waals surface area contributed by atoms with Gasteiger partial charge in [0.1, 0.15) is 11.9 Å². The minimum atomic E-state index is 0.346. The average Bonchev–Trinajstić information content (AvgIpc) is 2.55. The lowest BCUT2D eigenvalue weighted by Gasteiger charge is -2.30. The molecule has 1 fully saturated rings. The van der Waals surface area contributed by atoms with Crippen molar-refractivity contribution >= 4 is 5.82 Å². The fourth-order valence-electron chi connectivity index (χ4n) is 3.47. The molecule has 0 amide bonds. The highest BCUT2D eigenvalue weighted by Gasteiger charge is 2.22. The van der Waals surface area contributed by atoms with Crippen molar-refractivity contribution in [1.82, 2.24) is 10.3 Å². The van der Waals surface area contributed by atoms with Gasteiger partial charge in [0.2, 0.25) is 0 Å². The van der Waals surface area contributed by atoms with Crippen LogP contribution in [0.25, 0.3) is 0 Å². The van der Waals surface area contributed by atoms with Gasteiger partial charge >= 0.3 is 0 Å². The molecule has 3 rings (SSSR count). The van der Waals surface area contributed by atoms with Gasteiger partial charge in [-0.3, -0.25) is 0 Å². The van der Waals surface area contributed by atoms with Gasteiger partial charge in [-0.2, -0.15) is 5.26 Å². The minimum Gasteiger partial charge on any atom is -0.366 e. The van der Waals surface area contributed by atoms with Gasteiger partial charge in [-0.05, 0) is 76.1 Å². The number of aryl methyl sites for hydroxylation is 2. The lowest BCUT2D eigenvalue weighted by atomic mass is 9.92. The Morgan fingerprint density at radius 3 is 3.00 bits per heavy atom. The van der Waals surface area contributed by atoms with E-state index in [1.807, 2.05) is 0 Å². The molecule has 0 aromatic carbocycles. The number of aromatic nitrogens is 1. The first kappa shape index (κ1) is 14.3. The molecule has 1 aliphatic carbocycles. The van der Waals surface area contributed by atoms with Crippen LogP contribution in [0.4, 0.5) is 5.82 Å². The summed E-state index contributed by atoms with van der Waals surface area (Å²) in [6, 6.07) is 4.71. The number of nitriles is 1. The molecule has 21 heavy (non-hydrogen) atoms. The zero-order chi connectivity index (χ0) is 14.7. The average molecular weight is 284 g/mol. The van der Waals surface area contributed by atoms with Crippen molar-refractivity contribution in [2.75, 3.05) is 18.4 Å². The number of fused-ring (bicyclic) bond motifs is 1. The largest absolute Gasteiger partial charge is 0.366 e. The smallest absolute Gasteiger partial charge is 0.144 e. The van der Waals surface area contributed by atoms with E-state index in [0.29, 0.717) is 17.5 Å². The standard InChI is InChI=1S/C17H24N4/c1-12(14-6-4-8-19-11-14)20-17-15(10-18)9-13-5-2-3-7-16(13)21-17/h9,12,14,19H,2-8,11H2,1H3,(H,20,21). The number of hydrogen-bond donors (Lipinski definition) is 2. The molecule has 0 bridgehead atoms. The van der Waals surface area contributed by atoms with E-state index in [-0.39, 0.29) is 0 Å². The van der Waals surface area contributed by atoms with Gasteiger partial charge in [0.25, 0.3) is 0 Å². The molecule has 1 aromatic rings. The summed E-state index contributed by atoms with van der Waals surface area (Å²) in [6.07, 6.45) is 7.03. The summed E-state index contributed by atoms with van der Waals surface area (Å²) in [4.78, 5) is 4.76. The molecule has 112 valence electrons. The summed E-state index contributed by atoms with van der Waals surface area (Å²) in [5.41, 5.74) is 3.17. The number of anilines is 1. The van der Waals surface area contributed by atoms with Crippen LogP contribution in [0.5, 0.6) is 0 Å². The Morgan fingerprint density at radius 2 is 2.24 bits per heavy atom. The van der Waals surface area contributed by atoms with E-state index in [1.54, 1.807) is 0 Å². The van der Waals surface area contributed by atoms with E-state index in [2.05, 4.69) is 29.7 Å². The highest BCUT2D eigenvalue weighted by atomic mass is 15.0. The monoisotopic (exact) mass is 284 g/mol. The van der Waals surface area contributed by atoms with E-state index in [0.717, 1.165) is 31.7 Å². The topological polar surface area (TPSA) is 60.7 Å². The Morgan fingerprint density at radius 1 is 1.38 bits per heavy atom. The first-order chi connectivity index (χ1) is 10.3. The van der Waals surface area contributed by atoms with Crippen molar-refractivity contribution in [3.63, 3.8) is 0 Å². The summed E-state index contributed by atoms with van der Waals surface area (Å²) >= 11 is 0. The van der Waals surface area contributed by atoms with Crippen molar-refractivity contribution < 1.29 is 0 Å². The first-order valence-electron chi connectivity index (χ1n) is 8.18. The van der Waals surface area contributed by atoms with Gasteiger partial charge < -0.3 is 10.6 Å². The second-order valence-electron chi connectivity index (χ2n) is 6.35. The second-order valence-corrected chi connectivity index (χ2v) is 6.35. The van der Waals surface area contributed by atoms with Crippen LogP contribution in [0.3, 0.4) is 0 Å². The predicted octanol–water partition coefficient (Wildman–Crippen LogP) is 2.63. The normalized spacial score (nSPS) is 23.0. The number of nitrogens with zero attached hydrogens (tertiary/aromatic N) is 2. The Bertz CT molecular complexity index is 540. The van der Waals surface area contributed by atoms with Crippen LogP contribution in [0.15, 0.2) is 6.07 Å². The lowest BCUT2D eigenvalue weighted by molar-refractivity contribution is 0.346. The Kier molecular flexibility index (Phi) is 4.40. The Labute approximate surface area is 127 Å². The minimum absolute atomic E-state index is 0.346. The van der Waals surface area contributed by atoms with Crippen molar-refractivity contribution in [2.24, 2.45) is 5.92 Å². The predicted molar refractivity (Wildman–Crippen MR) is 84.3 cm³/mol. The van der Waals surface area contributed by atoms with Crippen LogP contribution in [0.2, 0.25) is 0 Å². The van der Waals surface area contributed by atoms with Crippen molar-refractivity contribution in [3.05, 3.63) is 22.9 Å². The van der Waals surface area contributed by atoms with Crippen molar-refractivity contribution in [2.45, 2.75) is 51.5 Å². The van der Waals surface area contributed by atoms with Crippen molar-refractivity contribution in [1.29, 1.82) is 5.26 Å². The highest BCUT2D eigenvalue weighted by molar-refractivity contribution is 5.55. The molecular weight excluding hydrogens is 260 g/mol. The molecule has 0 radical (unpaired) electrons. The van der Waals surface area contributed by atoms with Gasteiger partial charge in [-0.15, -0.1) is 0 Å². The van der Waals surface area contributed by atoms with Crippen LogP contribution in [-0.2, 0) is 12.8 Å². The molecular formula is C17H24N4. The molecule has 0 saturated carbocycles. The number of rotatable bonds is 3. The number of hydrogen-bond acceptors (Lipinski definition) is 4. The van der Waals surface area contributed by atoms with E-state index in [9.17, 15) is 5.26 Å². The summed E-state index contributed by atoms with van der Waals surface area (Å²) < 4.78 is 0. The second kappa shape index (κ2) is 6.44. The fraction of sp³-hybridized carbons (Fsp3) is 0.647. The van der Waals surface area contributed by atoms with Gasteiger partial charge in [0.05, 0.1) is 5.56 Å². The number of pyridine rings is 1. The summed E-state index contributed by atoms with van der Waals surface area (Å²) in [7, 11) is 0. The quantitative estimate of drug-likeness (QED) is 0.896. The van der Waals surface area contributed by atoms with Crippen molar-refractivity contribution in [3.8, 4) is 6.07 Å². The van der Waals surface area contributed by atoms with Crippen LogP contribution < -0.4 is 10.6 Å². The molecule has 2 atom stereocenters. The van der Waals surface area contributed by atoms with E-state index >= 15 is 0 Å². The molecule has 2 unspecified atom stereocenters. The lowest BCUT2D eigenvalue weighted by Crippen LogP contribution is -2.39. The Hall–Kier alpha value is -1.60. The summed E-state index contributed by atoms with van der Waals surface area (Å²) in [5.74, 6) is 1.40.